The Bertz CT molecular complexity index is 282. The second kappa shape index (κ2) is 7.48. The van der Waals surface area contributed by atoms with Gasteiger partial charge in [0.25, 0.3) is 0 Å². The van der Waals surface area contributed by atoms with Crippen LogP contribution >= 0.6 is 0 Å². The molecule has 17 heavy (non-hydrogen) atoms. The molecule has 0 amide bonds. The fourth-order valence-electron chi connectivity index (χ4n) is 2.03. The molecular formula is C13H22N2O2. The molecule has 4 nitrogen and oxygen atoms in total. The third-order valence-electron chi connectivity index (χ3n) is 3.06. The van der Waals surface area contributed by atoms with Gasteiger partial charge in [0, 0.05) is 13.1 Å². The average molecular weight is 238 g/mol. The Labute approximate surface area is 103 Å². The molecule has 0 unspecified atom stereocenters. The van der Waals surface area contributed by atoms with Crippen LogP contribution in [0, 0.1) is 0 Å². The summed E-state index contributed by atoms with van der Waals surface area (Å²) < 4.78 is 10.6. The van der Waals surface area contributed by atoms with Gasteiger partial charge in [-0.25, -0.2) is 0 Å². The molecule has 0 aromatic carbocycles. The Morgan fingerprint density at radius 1 is 1.24 bits per heavy atom. The van der Waals surface area contributed by atoms with E-state index in [0.29, 0.717) is 0 Å². The first-order valence-electron chi connectivity index (χ1n) is 6.48. The van der Waals surface area contributed by atoms with Gasteiger partial charge in [0.05, 0.1) is 26.0 Å². The van der Waals surface area contributed by atoms with E-state index in [1.54, 1.807) is 6.26 Å². The number of hydrogen-bond acceptors (Lipinski definition) is 4. The van der Waals surface area contributed by atoms with Crippen molar-refractivity contribution in [1.29, 1.82) is 0 Å². The molecule has 4 heteroatoms. The maximum Gasteiger partial charge on any atom is 0.117 e. The lowest BCUT2D eigenvalue weighted by Crippen LogP contribution is -2.37. The highest BCUT2D eigenvalue weighted by Crippen LogP contribution is 2.01. The maximum absolute atomic E-state index is 5.32. The summed E-state index contributed by atoms with van der Waals surface area (Å²) in [6.45, 7) is 7.09. The Kier molecular flexibility index (Phi) is 5.55. The minimum absolute atomic E-state index is 0.838. The molecule has 2 heterocycles. The monoisotopic (exact) mass is 238 g/mol. The molecule has 0 radical (unpaired) electrons. The lowest BCUT2D eigenvalue weighted by atomic mass is 10.2. The molecule has 1 fully saturated rings. The summed E-state index contributed by atoms with van der Waals surface area (Å²) in [5.74, 6) is 1.01. The van der Waals surface area contributed by atoms with Gasteiger partial charge in [-0.3, -0.25) is 4.90 Å². The van der Waals surface area contributed by atoms with Crippen molar-refractivity contribution in [3.8, 4) is 0 Å². The number of furan rings is 1. The molecular weight excluding hydrogens is 216 g/mol. The fourth-order valence-corrected chi connectivity index (χ4v) is 2.03. The van der Waals surface area contributed by atoms with Crippen LogP contribution in [0.3, 0.4) is 0 Å². The van der Waals surface area contributed by atoms with E-state index in [-0.39, 0.29) is 0 Å². The molecule has 1 aromatic heterocycles. The number of morpholine rings is 1. The van der Waals surface area contributed by atoms with E-state index >= 15 is 0 Å². The minimum Gasteiger partial charge on any atom is -0.468 e. The van der Waals surface area contributed by atoms with Crippen molar-refractivity contribution in [2.45, 2.75) is 19.4 Å². The summed E-state index contributed by atoms with van der Waals surface area (Å²) in [6, 6.07) is 3.93. The number of ether oxygens (including phenoxy) is 1. The van der Waals surface area contributed by atoms with Crippen molar-refractivity contribution < 1.29 is 9.15 Å². The number of hydrogen-bond donors (Lipinski definition) is 1. The van der Waals surface area contributed by atoms with E-state index in [1.165, 1.54) is 19.4 Å². The average Bonchev–Trinajstić information content (AvgIpc) is 2.88. The van der Waals surface area contributed by atoms with Gasteiger partial charge in [0.15, 0.2) is 0 Å². The quantitative estimate of drug-likeness (QED) is 0.730. The molecule has 96 valence electrons. The number of nitrogens with zero attached hydrogens (tertiary/aromatic N) is 1. The van der Waals surface area contributed by atoms with Crippen LogP contribution in [0.5, 0.6) is 0 Å². The van der Waals surface area contributed by atoms with E-state index in [1.807, 2.05) is 12.1 Å². The lowest BCUT2D eigenvalue weighted by molar-refractivity contribution is 0.0372. The summed E-state index contributed by atoms with van der Waals surface area (Å²) in [5.41, 5.74) is 0. The van der Waals surface area contributed by atoms with Gasteiger partial charge in [-0.05, 0) is 38.1 Å². The van der Waals surface area contributed by atoms with E-state index in [4.69, 9.17) is 9.15 Å². The molecule has 1 aliphatic heterocycles. The largest absolute Gasteiger partial charge is 0.468 e. The second-order valence-electron chi connectivity index (χ2n) is 4.42. The van der Waals surface area contributed by atoms with Crippen LogP contribution in [0.1, 0.15) is 18.6 Å². The predicted octanol–water partition coefficient (Wildman–Crippen LogP) is 1.48. The van der Waals surface area contributed by atoms with Gasteiger partial charge in [-0.1, -0.05) is 0 Å². The highest BCUT2D eigenvalue weighted by molar-refractivity contribution is 4.97. The molecule has 2 rings (SSSR count). The normalized spacial score (nSPS) is 17.4. The Hall–Kier alpha value is -0.840. The highest BCUT2D eigenvalue weighted by Gasteiger charge is 2.08. The minimum atomic E-state index is 0.838. The zero-order valence-corrected chi connectivity index (χ0v) is 10.4. The summed E-state index contributed by atoms with van der Waals surface area (Å²) in [4.78, 5) is 2.48. The van der Waals surface area contributed by atoms with Gasteiger partial charge in [-0.15, -0.1) is 0 Å². The summed E-state index contributed by atoms with van der Waals surface area (Å²) in [6.07, 6.45) is 4.19. The van der Waals surface area contributed by atoms with Crippen LogP contribution in [0.4, 0.5) is 0 Å². The molecule has 1 N–H and O–H groups in total. The van der Waals surface area contributed by atoms with Crippen molar-refractivity contribution in [2.24, 2.45) is 0 Å². The van der Waals surface area contributed by atoms with E-state index < -0.39 is 0 Å². The summed E-state index contributed by atoms with van der Waals surface area (Å²) >= 11 is 0. The molecule has 1 aromatic rings. The number of nitrogens with one attached hydrogen (secondary N) is 1. The predicted molar refractivity (Wildman–Crippen MR) is 66.9 cm³/mol. The van der Waals surface area contributed by atoms with Gasteiger partial charge in [0.1, 0.15) is 5.76 Å². The van der Waals surface area contributed by atoms with Crippen LogP contribution in [-0.4, -0.2) is 44.3 Å². The van der Waals surface area contributed by atoms with Crippen LogP contribution in [0.25, 0.3) is 0 Å². The standard InChI is InChI=1S/C13H22N2O2/c1(2-6-15-7-10-16-11-8-15)5-14-12-13-4-3-9-17-13/h3-4,9,14H,1-2,5-8,10-12H2. The first-order chi connectivity index (χ1) is 8.45. The molecule has 0 bridgehead atoms. The maximum atomic E-state index is 5.32. The highest BCUT2D eigenvalue weighted by atomic mass is 16.5. The molecule has 0 atom stereocenters. The summed E-state index contributed by atoms with van der Waals surface area (Å²) in [5, 5.41) is 3.39. The first kappa shape index (κ1) is 12.6. The van der Waals surface area contributed by atoms with Crippen molar-refractivity contribution in [3.63, 3.8) is 0 Å². The molecule has 0 saturated carbocycles. The first-order valence-corrected chi connectivity index (χ1v) is 6.48. The molecule has 0 spiro atoms. The third kappa shape index (κ3) is 4.89. The van der Waals surface area contributed by atoms with E-state index in [0.717, 1.165) is 45.2 Å². The second-order valence-corrected chi connectivity index (χ2v) is 4.42. The Balaban J connectivity index is 1.43. The fraction of sp³-hybridized carbons (Fsp3) is 0.692. The third-order valence-corrected chi connectivity index (χ3v) is 3.06. The van der Waals surface area contributed by atoms with Crippen molar-refractivity contribution in [1.82, 2.24) is 10.2 Å². The van der Waals surface area contributed by atoms with E-state index in [2.05, 4.69) is 10.2 Å². The van der Waals surface area contributed by atoms with Crippen LogP contribution < -0.4 is 5.32 Å². The van der Waals surface area contributed by atoms with Gasteiger partial charge >= 0.3 is 0 Å². The topological polar surface area (TPSA) is 37.6 Å². The Morgan fingerprint density at radius 2 is 2.12 bits per heavy atom. The zero-order valence-electron chi connectivity index (χ0n) is 10.4. The smallest absolute Gasteiger partial charge is 0.117 e. The van der Waals surface area contributed by atoms with Crippen molar-refractivity contribution >= 4 is 0 Å². The molecule has 1 saturated heterocycles. The zero-order chi connectivity index (χ0) is 11.8. The van der Waals surface area contributed by atoms with E-state index in [9.17, 15) is 0 Å². The number of rotatable bonds is 7. The Morgan fingerprint density at radius 3 is 2.88 bits per heavy atom. The van der Waals surface area contributed by atoms with Crippen molar-refractivity contribution in [3.05, 3.63) is 24.2 Å². The molecule has 1 aliphatic rings. The number of unbranched alkanes of at least 4 members (excludes halogenated alkanes) is 1. The molecule has 0 aliphatic carbocycles. The van der Waals surface area contributed by atoms with Crippen LogP contribution in [0.2, 0.25) is 0 Å². The van der Waals surface area contributed by atoms with Gasteiger partial charge in [0.2, 0.25) is 0 Å². The lowest BCUT2D eigenvalue weighted by Gasteiger charge is -2.26. The van der Waals surface area contributed by atoms with Crippen LogP contribution in [-0.2, 0) is 11.3 Å². The van der Waals surface area contributed by atoms with Crippen LogP contribution in [0.15, 0.2) is 22.8 Å². The van der Waals surface area contributed by atoms with Crippen molar-refractivity contribution in [2.75, 3.05) is 39.4 Å². The summed E-state index contributed by atoms with van der Waals surface area (Å²) in [7, 11) is 0. The SMILES string of the molecule is c1coc(CNCCCCN2CCOCC2)c1. The van der Waals surface area contributed by atoms with Gasteiger partial charge < -0.3 is 14.5 Å². The van der Waals surface area contributed by atoms with Gasteiger partial charge in [-0.2, -0.15) is 0 Å².